The summed E-state index contributed by atoms with van der Waals surface area (Å²) in [4.78, 5) is 28.8. The lowest BCUT2D eigenvalue weighted by Crippen LogP contribution is -2.22. The maximum absolute atomic E-state index is 12.4. The third kappa shape index (κ3) is 5.35. The summed E-state index contributed by atoms with van der Waals surface area (Å²) >= 11 is 7.25. The monoisotopic (exact) mass is 466 g/mol. The van der Waals surface area contributed by atoms with Gasteiger partial charge in [0.15, 0.2) is 14.6 Å². The maximum atomic E-state index is 12.4. The lowest BCUT2D eigenvalue weighted by atomic mass is 10.3. The number of hydrogen-bond acceptors (Lipinski definition) is 6. The molecule has 158 valence electrons. The number of esters is 1. The summed E-state index contributed by atoms with van der Waals surface area (Å²) < 4.78 is 31.7. The van der Waals surface area contributed by atoms with Crippen molar-refractivity contribution >= 4 is 54.9 Å². The Morgan fingerprint density at radius 2 is 1.90 bits per heavy atom. The zero-order valence-electron chi connectivity index (χ0n) is 16.1. The summed E-state index contributed by atoms with van der Waals surface area (Å²) in [6.07, 6.45) is 0.118. The molecule has 0 aliphatic heterocycles. The number of hydrogen-bond donors (Lipinski definition) is 0. The van der Waals surface area contributed by atoms with Crippen LogP contribution in [0, 0.1) is 0 Å². The number of carbonyl (C=O) groups excluding carboxylic acids is 2. The summed E-state index contributed by atoms with van der Waals surface area (Å²) in [6, 6.07) is 13.3. The van der Waals surface area contributed by atoms with Gasteiger partial charge in [0.1, 0.15) is 6.54 Å². The minimum absolute atomic E-state index is 0.0285. The van der Waals surface area contributed by atoms with Gasteiger partial charge in [0.25, 0.3) is 0 Å². The van der Waals surface area contributed by atoms with E-state index in [0.29, 0.717) is 15.3 Å². The molecule has 10 heteroatoms. The van der Waals surface area contributed by atoms with Crippen molar-refractivity contribution in [3.05, 3.63) is 58.4 Å². The van der Waals surface area contributed by atoms with Crippen molar-refractivity contribution in [3.8, 4) is 0 Å². The fourth-order valence-electron chi connectivity index (χ4n) is 2.80. The number of thiazole rings is 1. The van der Waals surface area contributed by atoms with E-state index in [1.807, 2.05) is 0 Å². The molecule has 0 saturated carbocycles. The quantitative estimate of drug-likeness (QED) is 0.498. The van der Waals surface area contributed by atoms with Crippen LogP contribution in [0.25, 0.3) is 10.2 Å². The van der Waals surface area contributed by atoms with Crippen molar-refractivity contribution in [3.63, 3.8) is 0 Å². The molecule has 2 aromatic carbocycles. The van der Waals surface area contributed by atoms with E-state index in [4.69, 9.17) is 16.3 Å². The fraction of sp³-hybridized carbons (Fsp3) is 0.250. The van der Waals surface area contributed by atoms with E-state index in [1.165, 1.54) is 30.6 Å². The summed E-state index contributed by atoms with van der Waals surface area (Å²) in [5.74, 6) is -1.09. The molecule has 3 aromatic rings. The summed E-state index contributed by atoms with van der Waals surface area (Å²) in [5.41, 5.74) is 0.702. The van der Waals surface area contributed by atoms with E-state index in [9.17, 15) is 18.0 Å². The van der Waals surface area contributed by atoms with Gasteiger partial charge in [0.05, 0.1) is 28.0 Å². The number of methoxy groups -OCH3 is 1. The van der Waals surface area contributed by atoms with E-state index >= 15 is 0 Å². The van der Waals surface area contributed by atoms with Gasteiger partial charge in [-0.15, -0.1) is 0 Å². The van der Waals surface area contributed by atoms with Gasteiger partial charge >= 0.3 is 5.97 Å². The number of aromatic nitrogens is 1. The number of sulfone groups is 1. The first-order chi connectivity index (χ1) is 14.3. The molecule has 0 bridgehead atoms. The van der Waals surface area contributed by atoms with Crippen LogP contribution in [0.15, 0.2) is 58.4 Å². The first-order valence-corrected chi connectivity index (χ1v) is 11.9. The average Bonchev–Trinajstić information content (AvgIpc) is 3.04. The first kappa shape index (κ1) is 22.2. The van der Waals surface area contributed by atoms with E-state index in [2.05, 4.69) is 4.99 Å². The highest BCUT2D eigenvalue weighted by Gasteiger charge is 2.15. The maximum Gasteiger partial charge on any atom is 0.325 e. The molecule has 0 spiro atoms. The Bertz CT molecular complexity index is 1250. The molecule has 30 heavy (non-hydrogen) atoms. The normalized spacial score (nSPS) is 12.3. The van der Waals surface area contributed by atoms with Gasteiger partial charge in [-0.3, -0.25) is 9.59 Å². The summed E-state index contributed by atoms with van der Waals surface area (Å²) in [7, 11) is -2.17. The first-order valence-electron chi connectivity index (χ1n) is 9.01. The predicted octanol–water partition coefficient (Wildman–Crippen LogP) is 3.21. The van der Waals surface area contributed by atoms with Gasteiger partial charge in [-0.1, -0.05) is 41.1 Å². The van der Waals surface area contributed by atoms with Crippen molar-refractivity contribution in [1.82, 2.24) is 4.57 Å². The SMILES string of the molecule is COC(=O)Cn1c(=NC(=O)CCCS(=O)(=O)c2ccccc2)sc2cc(Cl)ccc21. The molecule has 1 amide bonds. The van der Waals surface area contributed by atoms with Crippen LogP contribution in [-0.2, 0) is 30.7 Å². The second kappa shape index (κ2) is 9.55. The van der Waals surface area contributed by atoms with E-state index in [0.717, 1.165) is 4.70 Å². The number of halogens is 1. The van der Waals surface area contributed by atoms with Crippen molar-refractivity contribution in [1.29, 1.82) is 0 Å². The zero-order valence-corrected chi connectivity index (χ0v) is 18.5. The average molecular weight is 467 g/mol. The number of nitrogens with zero attached hydrogens (tertiary/aromatic N) is 2. The molecule has 0 N–H and O–H groups in total. The van der Waals surface area contributed by atoms with Crippen LogP contribution < -0.4 is 4.80 Å². The van der Waals surface area contributed by atoms with Gasteiger partial charge in [0, 0.05) is 11.4 Å². The van der Waals surface area contributed by atoms with E-state index in [-0.39, 0.29) is 30.0 Å². The Morgan fingerprint density at radius 3 is 2.60 bits per heavy atom. The number of rotatable bonds is 7. The molecular formula is C20H19ClN2O5S2. The standard InChI is InChI=1S/C20H19ClN2O5S2/c1-28-19(25)13-23-16-10-9-14(21)12-17(16)29-20(23)22-18(24)8-5-11-30(26,27)15-6-3-2-4-7-15/h2-4,6-7,9-10,12H,5,8,11,13H2,1H3. The molecule has 0 atom stereocenters. The molecule has 0 aliphatic carbocycles. The molecule has 0 fully saturated rings. The molecular weight excluding hydrogens is 448 g/mol. The smallest absolute Gasteiger partial charge is 0.325 e. The van der Waals surface area contributed by atoms with Crippen LogP contribution in [0.1, 0.15) is 12.8 Å². The number of carbonyl (C=O) groups is 2. The Labute approximate surface area is 182 Å². The number of amides is 1. The van der Waals surface area contributed by atoms with Crippen LogP contribution in [-0.4, -0.2) is 37.7 Å². The Kier molecular flexibility index (Phi) is 7.06. The highest BCUT2D eigenvalue weighted by atomic mass is 35.5. The largest absolute Gasteiger partial charge is 0.468 e. The zero-order chi connectivity index (χ0) is 21.7. The second-order valence-corrected chi connectivity index (χ2v) is 9.95. The molecule has 1 heterocycles. The van der Waals surface area contributed by atoms with E-state index in [1.54, 1.807) is 41.0 Å². The minimum Gasteiger partial charge on any atom is -0.468 e. The molecule has 1 aromatic heterocycles. The summed E-state index contributed by atoms with van der Waals surface area (Å²) in [5, 5.41) is 0.526. The number of benzene rings is 2. The molecule has 3 rings (SSSR count). The van der Waals surface area contributed by atoms with Crippen LogP contribution in [0.3, 0.4) is 0 Å². The lowest BCUT2D eigenvalue weighted by molar-refractivity contribution is -0.141. The third-order valence-electron chi connectivity index (χ3n) is 4.29. The molecule has 0 unspecified atom stereocenters. The Balaban J connectivity index is 1.79. The third-order valence-corrected chi connectivity index (χ3v) is 7.38. The van der Waals surface area contributed by atoms with Gasteiger partial charge < -0.3 is 9.30 Å². The van der Waals surface area contributed by atoms with Crippen molar-refractivity contribution in [2.24, 2.45) is 4.99 Å². The van der Waals surface area contributed by atoms with Crippen LogP contribution >= 0.6 is 22.9 Å². The number of ether oxygens (including phenoxy) is 1. The van der Waals surface area contributed by atoms with Gasteiger partial charge in [0.2, 0.25) is 5.91 Å². The van der Waals surface area contributed by atoms with Crippen LogP contribution in [0.5, 0.6) is 0 Å². The lowest BCUT2D eigenvalue weighted by Gasteiger charge is -2.04. The molecule has 0 aliphatic rings. The molecule has 7 nitrogen and oxygen atoms in total. The fourth-order valence-corrected chi connectivity index (χ4v) is 5.46. The van der Waals surface area contributed by atoms with Crippen molar-refractivity contribution in [2.75, 3.05) is 12.9 Å². The van der Waals surface area contributed by atoms with E-state index < -0.39 is 21.7 Å². The summed E-state index contributed by atoms with van der Waals surface area (Å²) in [6.45, 7) is -0.105. The Morgan fingerprint density at radius 1 is 1.17 bits per heavy atom. The van der Waals surface area contributed by atoms with Gasteiger partial charge in [-0.05, 0) is 36.8 Å². The topological polar surface area (TPSA) is 94.8 Å². The van der Waals surface area contributed by atoms with Crippen LogP contribution in [0.4, 0.5) is 0 Å². The van der Waals surface area contributed by atoms with Crippen LogP contribution in [0.2, 0.25) is 5.02 Å². The molecule has 0 saturated heterocycles. The number of fused-ring (bicyclic) bond motifs is 1. The van der Waals surface area contributed by atoms with Gasteiger partial charge in [-0.2, -0.15) is 4.99 Å². The predicted molar refractivity (Wildman–Crippen MR) is 115 cm³/mol. The van der Waals surface area contributed by atoms with Gasteiger partial charge in [-0.25, -0.2) is 8.42 Å². The van der Waals surface area contributed by atoms with Crippen molar-refractivity contribution < 1.29 is 22.7 Å². The minimum atomic E-state index is -3.45. The second-order valence-electron chi connectivity index (χ2n) is 6.40. The highest BCUT2D eigenvalue weighted by Crippen LogP contribution is 2.22. The van der Waals surface area contributed by atoms with Crippen molar-refractivity contribution in [2.45, 2.75) is 24.3 Å². The Hall–Kier alpha value is -2.49. The molecule has 0 radical (unpaired) electrons. The highest BCUT2D eigenvalue weighted by molar-refractivity contribution is 7.91.